The quantitative estimate of drug-likeness (QED) is 0.172. The van der Waals surface area contributed by atoms with Gasteiger partial charge in [-0.1, -0.05) is 86.8 Å². The first kappa shape index (κ1) is 27.0. The number of benzene rings is 3. The van der Waals surface area contributed by atoms with Crippen LogP contribution < -0.4 is 5.01 Å². The fourth-order valence-corrected chi connectivity index (χ4v) is 7.21. The summed E-state index contributed by atoms with van der Waals surface area (Å²) in [6, 6.07) is 21.7. The number of rotatable bonds is 7. The molecule has 1 aliphatic heterocycles. The number of nitrogens with zero attached hydrogens (tertiary/aromatic N) is 7. The molecule has 7 nitrogen and oxygen atoms in total. The largest absolute Gasteiger partial charge is 0.248 e. The zero-order valence-electron chi connectivity index (χ0n) is 21.4. The third-order valence-corrected chi connectivity index (χ3v) is 9.78. The lowest BCUT2D eigenvalue weighted by molar-refractivity contribution is 0.684. The molecule has 0 spiro atoms. The molecular weight excluding hydrogens is 665 g/mol. The van der Waals surface area contributed by atoms with Crippen LogP contribution in [0.2, 0.25) is 15.1 Å². The molecule has 0 atom stereocenters. The van der Waals surface area contributed by atoms with E-state index in [1.165, 1.54) is 11.9 Å². The van der Waals surface area contributed by atoms with Gasteiger partial charge in [-0.2, -0.15) is 10.2 Å². The Morgan fingerprint density at radius 1 is 0.927 bits per heavy atom. The van der Waals surface area contributed by atoms with Crippen LogP contribution in [0.3, 0.4) is 0 Å². The van der Waals surface area contributed by atoms with Gasteiger partial charge in [0.15, 0.2) is 5.82 Å². The fourth-order valence-electron chi connectivity index (χ4n) is 5.15. The van der Waals surface area contributed by atoms with Crippen molar-refractivity contribution in [1.29, 1.82) is 0 Å². The van der Waals surface area contributed by atoms with E-state index in [0.29, 0.717) is 22.5 Å². The first-order valence-electron chi connectivity index (χ1n) is 12.8. The second kappa shape index (κ2) is 10.8. The van der Waals surface area contributed by atoms with Crippen LogP contribution in [0.25, 0.3) is 16.9 Å². The number of halogens is 4. The third-order valence-electron chi connectivity index (χ3n) is 7.34. The maximum atomic E-state index is 6.75. The number of hydrogen-bond donors (Lipinski definition) is 0. The number of anilines is 1. The molecule has 2 aliphatic rings. The third kappa shape index (κ3) is 5.08. The summed E-state index contributed by atoms with van der Waals surface area (Å²) in [5.41, 5.74) is 4.70. The summed E-state index contributed by atoms with van der Waals surface area (Å²) in [7, 11) is 0. The van der Waals surface area contributed by atoms with Gasteiger partial charge in [-0.3, -0.25) is 0 Å². The molecule has 206 valence electrons. The van der Waals surface area contributed by atoms with Crippen LogP contribution >= 0.6 is 62.5 Å². The Morgan fingerprint density at radius 2 is 1.68 bits per heavy atom. The Bertz CT molecular complexity index is 1770. The van der Waals surface area contributed by atoms with Gasteiger partial charge in [0.1, 0.15) is 17.7 Å². The van der Waals surface area contributed by atoms with Crippen LogP contribution in [0, 0.1) is 0 Å². The summed E-state index contributed by atoms with van der Waals surface area (Å²) in [6.45, 7) is 0.445. The van der Waals surface area contributed by atoms with E-state index in [1.54, 1.807) is 28.8 Å². The van der Waals surface area contributed by atoms with E-state index in [9.17, 15) is 0 Å². The Labute approximate surface area is 264 Å². The van der Waals surface area contributed by atoms with Gasteiger partial charge in [0.05, 0.1) is 28.8 Å². The van der Waals surface area contributed by atoms with Crippen LogP contribution in [-0.2, 0) is 12.0 Å². The van der Waals surface area contributed by atoms with Crippen molar-refractivity contribution in [3.63, 3.8) is 0 Å². The van der Waals surface area contributed by atoms with Crippen molar-refractivity contribution in [3.8, 4) is 16.9 Å². The molecule has 0 bridgehead atoms. The Morgan fingerprint density at radius 3 is 2.37 bits per heavy atom. The predicted octanol–water partition coefficient (Wildman–Crippen LogP) is 8.46. The lowest BCUT2D eigenvalue weighted by Gasteiger charge is -2.15. The van der Waals surface area contributed by atoms with E-state index < -0.39 is 0 Å². The molecule has 5 aromatic rings. The maximum absolute atomic E-state index is 6.75. The molecule has 7 rings (SSSR count). The summed E-state index contributed by atoms with van der Waals surface area (Å²) in [5.74, 6) is 1.37. The summed E-state index contributed by atoms with van der Waals surface area (Å²) < 4.78 is 4.66. The van der Waals surface area contributed by atoms with Gasteiger partial charge in [-0.25, -0.2) is 19.4 Å². The Hall–Kier alpha value is -2.82. The summed E-state index contributed by atoms with van der Waals surface area (Å²) >= 11 is 24.5. The van der Waals surface area contributed by atoms with E-state index in [2.05, 4.69) is 50.3 Å². The van der Waals surface area contributed by atoms with Crippen LogP contribution in [0.1, 0.15) is 24.0 Å². The van der Waals surface area contributed by atoms with Crippen LogP contribution in [0.4, 0.5) is 5.82 Å². The van der Waals surface area contributed by atoms with E-state index in [-0.39, 0.29) is 5.41 Å². The van der Waals surface area contributed by atoms with Gasteiger partial charge < -0.3 is 0 Å². The van der Waals surface area contributed by atoms with Crippen molar-refractivity contribution in [2.24, 2.45) is 5.10 Å². The Kier molecular flexibility index (Phi) is 7.11. The van der Waals surface area contributed by atoms with Crippen LogP contribution in [0.15, 0.2) is 89.0 Å². The molecule has 0 N–H and O–H groups in total. The predicted molar refractivity (Wildman–Crippen MR) is 171 cm³/mol. The highest BCUT2D eigenvalue weighted by molar-refractivity contribution is 9.10. The lowest BCUT2D eigenvalue weighted by Crippen LogP contribution is -2.17. The van der Waals surface area contributed by atoms with Gasteiger partial charge in [0.2, 0.25) is 0 Å². The van der Waals surface area contributed by atoms with Crippen molar-refractivity contribution in [3.05, 3.63) is 110 Å². The highest BCUT2D eigenvalue weighted by atomic mass is 79.9. The second-order valence-corrected chi connectivity index (χ2v) is 13.1. The van der Waals surface area contributed by atoms with Crippen molar-refractivity contribution in [2.45, 2.75) is 24.8 Å². The number of hydrogen-bond acceptors (Lipinski definition) is 6. The van der Waals surface area contributed by atoms with E-state index >= 15 is 0 Å². The monoisotopic (exact) mass is 683 g/mol. The van der Waals surface area contributed by atoms with Gasteiger partial charge >= 0.3 is 0 Å². The van der Waals surface area contributed by atoms with Crippen LogP contribution in [0.5, 0.6) is 0 Å². The smallest absolute Gasteiger partial charge is 0.177 e. The van der Waals surface area contributed by atoms with Gasteiger partial charge in [0.25, 0.3) is 0 Å². The van der Waals surface area contributed by atoms with Crippen molar-refractivity contribution in [1.82, 2.24) is 24.5 Å². The molecule has 41 heavy (non-hydrogen) atoms. The molecule has 12 heteroatoms. The van der Waals surface area contributed by atoms with Gasteiger partial charge in [-0.15, -0.1) is 5.10 Å². The number of aromatic nitrogens is 5. The highest BCUT2D eigenvalue weighted by Crippen LogP contribution is 2.54. The SMILES string of the molecule is Clc1ccc(C2(C3=NN(c4nn(-c5ccc(Cl)cc5Cl)c(-c5ccc(Br)cc5)c4Cn4cncn4)CS3)CC2)cc1. The molecule has 1 saturated carbocycles. The lowest BCUT2D eigenvalue weighted by atomic mass is 9.97. The van der Waals surface area contributed by atoms with Crippen LogP contribution in [-0.4, -0.2) is 35.5 Å². The minimum absolute atomic E-state index is 0.0767. The zero-order valence-corrected chi connectivity index (χ0v) is 26.1. The fraction of sp³-hybridized carbons (Fsp3) is 0.172. The maximum Gasteiger partial charge on any atom is 0.177 e. The van der Waals surface area contributed by atoms with Crippen molar-refractivity contribution >= 4 is 73.4 Å². The number of hydrazone groups is 1. The molecule has 0 amide bonds. The first-order valence-corrected chi connectivity index (χ1v) is 15.7. The van der Waals surface area contributed by atoms with Gasteiger partial charge in [0, 0.05) is 31.1 Å². The highest BCUT2D eigenvalue weighted by Gasteiger charge is 2.51. The average molecular weight is 686 g/mol. The number of thioether (sulfide) groups is 1. The molecule has 3 heterocycles. The molecule has 0 unspecified atom stereocenters. The Balaban J connectivity index is 1.39. The second-order valence-electron chi connectivity index (χ2n) is 9.93. The zero-order chi connectivity index (χ0) is 28.1. The minimum atomic E-state index is -0.0767. The molecule has 0 radical (unpaired) electrons. The molecule has 0 saturated heterocycles. The molecule has 1 aliphatic carbocycles. The summed E-state index contributed by atoms with van der Waals surface area (Å²) in [5, 5.41) is 19.6. The standard InChI is InChI=1S/C29H21BrCl3N7S/c30-20-5-1-18(2-6-20)26-23(14-38-16-34-15-35-38)27(36-40(26)25-10-9-22(32)13-24(25)33)39-17-41-28(37-39)29(11-12-29)19-3-7-21(31)8-4-19/h1-10,13,15-16H,11-12,14,17H2. The minimum Gasteiger partial charge on any atom is -0.248 e. The normalized spacial score (nSPS) is 15.8. The van der Waals surface area contributed by atoms with E-state index in [1.807, 2.05) is 46.1 Å². The molecular formula is C29H21BrCl3N7S. The average Bonchev–Trinajstić information content (AvgIpc) is 3.29. The van der Waals surface area contributed by atoms with E-state index in [4.69, 9.17) is 45.0 Å². The van der Waals surface area contributed by atoms with Crippen molar-refractivity contribution < 1.29 is 0 Å². The summed E-state index contributed by atoms with van der Waals surface area (Å²) in [6.07, 6.45) is 5.34. The van der Waals surface area contributed by atoms with E-state index in [0.717, 1.165) is 55.7 Å². The molecule has 2 aromatic heterocycles. The van der Waals surface area contributed by atoms with Gasteiger partial charge in [-0.05, 0) is 60.9 Å². The molecule has 1 fully saturated rings. The summed E-state index contributed by atoms with van der Waals surface area (Å²) in [4.78, 5) is 4.17. The topological polar surface area (TPSA) is 64.1 Å². The molecule has 3 aromatic carbocycles. The first-order chi connectivity index (χ1) is 19.9. The van der Waals surface area contributed by atoms with Crippen molar-refractivity contribution in [2.75, 3.05) is 10.9 Å².